The highest BCUT2D eigenvalue weighted by atomic mass is 32.1. The number of amides is 1. The number of imidazole rings is 1. The fourth-order valence-electron chi connectivity index (χ4n) is 2.68. The Bertz CT molecular complexity index is 869. The molecule has 0 aliphatic carbocycles. The monoisotopic (exact) mass is 345 g/mol. The first-order chi connectivity index (χ1) is 11.5. The minimum absolute atomic E-state index is 0.0129. The van der Waals surface area contributed by atoms with Gasteiger partial charge in [0.1, 0.15) is 0 Å². The molecule has 0 spiro atoms. The highest BCUT2D eigenvalue weighted by Crippen LogP contribution is 2.12. The Hall–Kier alpha value is -2.48. The molecular weight excluding hydrogens is 326 g/mol. The third-order valence-corrected chi connectivity index (χ3v) is 4.67. The number of aromatic amines is 1. The van der Waals surface area contributed by atoms with E-state index in [9.17, 15) is 9.59 Å². The van der Waals surface area contributed by atoms with Crippen LogP contribution in [0.2, 0.25) is 0 Å². The highest BCUT2D eigenvalue weighted by molar-refractivity contribution is 7.15. The van der Waals surface area contributed by atoms with E-state index in [-0.39, 0.29) is 11.6 Å². The van der Waals surface area contributed by atoms with Crippen LogP contribution in [0.5, 0.6) is 0 Å². The summed E-state index contributed by atoms with van der Waals surface area (Å²) < 4.78 is 1.98. The van der Waals surface area contributed by atoms with E-state index in [0.29, 0.717) is 31.5 Å². The van der Waals surface area contributed by atoms with Gasteiger partial charge in [0, 0.05) is 48.5 Å². The molecule has 2 N–H and O–H groups in total. The second-order valence-corrected chi connectivity index (χ2v) is 6.53. The van der Waals surface area contributed by atoms with E-state index in [1.54, 1.807) is 18.3 Å². The normalized spacial score (nSPS) is 11.1. The quantitative estimate of drug-likeness (QED) is 0.706. The van der Waals surface area contributed by atoms with Crippen LogP contribution in [0.1, 0.15) is 29.1 Å². The topological polar surface area (TPSA) is 92.1 Å². The number of fused-ring (bicyclic) bond motifs is 1. The van der Waals surface area contributed by atoms with Crippen LogP contribution in [0.3, 0.4) is 0 Å². The number of rotatable bonds is 6. The van der Waals surface area contributed by atoms with Crippen LogP contribution >= 0.6 is 11.3 Å². The molecule has 0 aromatic carbocycles. The summed E-state index contributed by atoms with van der Waals surface area (Å²) in [5.74, 6) is -0.0129. The Kier molecular flexibility index (Phi) is 4.75. The zero-order chi connectivity index (χ0) is 17.1. The van der Waals surface area contributed by atoms with Crippen LogP contribution in [0, 0.1) is 13.8 Å². The van der Waals surface area contributed by atoms with Crippen LogP contribution < -0.4 is 11.0 Å². The second-order valence-electron chi connectivity index (χ2n) is 5.66. The number of thiazole rings is 1. The SMILES string of the molecule is Cc1nc(=O)[nH]c(C)c1CCC(=O)NCCc1cn2ccsc2n1. The number of nitrogens with zero attached hydrogens (tertiary/aromatic N) is 3. The van der Waals surface area contributed by atoms with Gasteiger partial charge in [-0.25, -0.2) is 9.78 Å². The van der Waals surface area contributed by atoms with Gasteiger partial charge in [-0.05, 0) is 25.8 Å². The van der Waals surface area contributed by atoms with Gasteiger partial charge in [-0.15, -0.1) is 11.3 Å². The molecule has 0 saturated carbocycles. The highest BCUT2D eigenvalue weighted by Gasteiger charge is 2.09. The Morgan fingerprint density at radius 3 is 2.92 bits per heavy atom. The number of H-pyrrole nitrogens is 1. The lowest BCUT2D eigenvalue weighted by Crippen LogP contribution is -2.26. The van der Waals surface area contributed by atoms with E-state index < -0.39 is 0 Å². The fraction of sp³-hybridized carbons (Fsp3) is 0.375. The molecule has 3 heterocycles. The standard InChI is InChI=1S/C16H19N5O2S/c1-10-13(11(2)19-15(23)18-10)3-4-14(22)17-6-5-12-9-21-7-8-24-16(21)20-12/h7-9H,3-6H2,1-2H3,(H,17,22)(H,18,19,23). The van der Waals surface area contributed by atoms with Crippen molar-refractivity contribution in [1.82, 2.24) is 24.7 Å². The van der Waals surface area contributed by atoms with Gasteiger partial charge in [0.25, 0.3) is 0 Å². The number of carbonyl (C=O) groups is 1. The predicted octanol–water partition coefficient (Wildman–Crippen LogP) is 1.39. The fourth-order valence-corrected chi connectivity index (χ4v) is 3.40. The molecule has 0 saturated heterocycles. The summed E-state index contributed by atoms with van der Waals surface area (Å²) >= 11 is 1.59. The van der Waals surface area contributed by atoms with Crippen molar-refractivity contribution in [2.75, 3.05) is 6.54 Å². The molecule has 0 bridgehead atoms. The summed E-state index contributed by atoms with van der Waals surface area (Å²) in [6, 6.07) is 0. The van der Waals surface area contributed by atoms with Gasteiger partial charge in [-0.2, -0.15) is 4.98 Å². The minimum Gasteiger partial charge on any atom is -0.356 e. The van der Waals surface area contributed by atoms with E-state index in [2.05, 4.69) is 20.3 Å². The molecule has 126 valence electrons. The molecular formula is C16H19N5O2S. The molecule has 3 rings (SSSR count). The molecule has 0 aliphatic heterocycles. The molecule has 0 aliphatic rings. The van der Waals surface area contributed by atoms with Crippen LogP contribution in [0.15, 0.2) is 22.6 Å². The first kappa shape index (κ1) is 16.4. The maximum absolute atomic E-state index is 12.0. The van der Waals surface area contributed by atoms with E-state index in [1.165, 1.54) is 0 Å². The second kappa shape index (κ2) is 6.96. The van der Waals surface area contributed by atoms with E-state index >= 15 is 0 Å². The van der Waals surface area contributed by atoms with Gasteiger partial charge in [0.2, 0.25) is 5.91 Å². The van der Waals surface area contributed by atoms with Gasteiger partial charge < -0.3 is 10.3 Å². The van der Waals surface area contributed by atoms with Gasteiger partial charge in [-0.3, -0.25) is 9.20 Å². The number of hydrogen-bond acceptors (Lipinski definition) is 5. The Morgan fingerprint density at radius 2 is 2.17 bits per heavy atom. The van der Waals surface area contributed by atoms with Gasteiger partial charge in [0.15, 0.2) is 4.96 Å². The number of carbonyl (C=O) groups excluding carboxylic acids is 1. The lowest BCUT2D eigenvalue weighted by molar-refractivity contribution is -0.121. The van der Waals surface area contributed by atoms with Crippen LogP contribution in [0.25, 0.3) is 4.96 Å². The number of aromatic nitrogens is 4. The molecule has 8 heteroatoms. The van der Waals surface area contributed by atoms with Crippen molar-refractivity contribution >= 4 is 22.2 Å². The maximum atomic E-state index is 12.0. The Labute approximate surface area is 142 Å². The minimum atomic E-state index is -0.349. The van der Waals surface area contributed by atoms with Crippen molar-refractivity contribution < 1.29 is 4.79 Å². The lowest BCUT2D eigenvalue weighted by atomic mass is 10.1. The molecule has 24 heavy (non-hydrogen) atoms. The molecule has 0 atom stereocenters. The molecule has 0 unspecified atom stereocenters. The molecule has 0 fully saturated rings. The van der Waals surface area contributed by atoms with Crippen molar-refractivity contribution in [3.63, 3.8) is 0 Å². The Morgan fingerprint density at radius 1 is 1.33 bits per heavy atom. The van der Waals surface area contributed by atoms with Gasteiger partial charge in [0.05, 0.1) is 5.69 Å². The molecule has 3 aromatic rings. The van der Waals surface area contributed by atoms with Gasteiger partial charge in [-0.1, -0.05) is 0 Å². The van der Waals surface area contributed by atoms with Crippen molar-refractivity contribution in [3.05, 3.63) is 50.9 Å². The summed E-state index contributed by atoms with van der Waals surface area (Å²) in [6.45, 7) is 4.18. The van der Waals surface area contributed by atoms with E-state index in [0.717, 1.165) is 21.9 Å². The molecule has 7 nitrogen and oxygen atoms in total. The van der Waals surface area contributed by atoms with Crippen molar-refractivity contribution in [3.8, 4) is 0 Å². The molecule has 3 aromatic heterocycles. The van der Waals surface area contributed by atoms with E-state index in [1.807, 2.05) is 29.1 Å². The zero-order valence-electron chi connectivity index (χ0n) is 13.6. The largest absolute Gasteiger partial charge is 0.356 e. The first-order valence-corrected chi connectivity index (χ1v) is 8.65. The smallest absolute Gasteiger partial charge is 0.345 e. The Balaban J connectivity index is 1.47. The molecule has 0 radical (unpaired) electrons. The first-order valence-electron chi connectivity index (χ1n) is 7.77. The molecule has 1 amide bonds. The van der Waals surface area contributed by atoms with Crippen molar-refractivity contribution in [2.45, 2.75) is 33.1 Å². The number of aryl methyl sites for hydroxylation is 2. The van der Waals surface area contributed by atoms with Crippen molar-refractivity contribution in [1.29, 1.82) is 0 Å². The van der Waals surface area contributed by atoms with Crippen LogP contribution in [0.4, 0.5) is 0 Å². The number of nitrogens with one attached hydrogen (secondary N) is 2. The average molecular weight is 345 g/mol. The lowest BCUT2D eigenvalue weighted by Gasteiger charge is -2.08. The van der Waals surface area contributed by atoms with Crippen molar-refractivity contribution in [2.24, 2.45) is 0 Å². The van der Waals surface area contributed by atoms with Crippen LogP contribution in [-0.2, 0) is 17.6 Å². The van der Waals surface area contributed by atoms with Gasteiger partial charge >= 0.3 is 5.69 Å². The predicted molar refractivity (Wildman–Crippen MR) is 92.4 cm³/mol. The number of hydrogen-bond donors (Lipinski definition) is 2. The third kappa shape index (κ3) is 3.70. The maximum Gasteiger partial charge on any atom is 0.345 e. The third-order valence-electron chi connectivity index (χ3n) is 3.90. The summed E-state index contributed by atoms with van der Waals surface area (Å²) in [5.41, 5.74) is 3.01. The van der Waals surface area contributed by atoms with E-state index in [4.69, 9.17) is 0 Å². The summed E-state index contributed by atoms with van der Waals surface area (Å²) in [4.78, 5) is 35.3. The summed E-state index contributed by atoms with van der Waals surface area (Å²) in [6.07, 6.45) is 5.59. The van der Waals surface area contributed by atoms with Crippen LogP contribution in [-0.4, -0.2) is 31.8 Å². The average Bonchev–Trinajstić information content (AvgIpc) is 3.07. The summed E-state index contributed by atoms with van der Waals surface area (Å²) in [5, 5.41) is 4.90. The zero-order valence-corrected chi connectivity index (χ0v) is 14.4. The summed E-state index contributed by atoms with van der Waals surface area (Å²) in [7, 11) is 0.